The van der Waals surface area contributed by atoms with Crippen molar-refractivity contribution < 1.29 is 9.90 Å². The van der Waals surface area contributed by atoms with Gasteiger partial charge in [-0.1, -0.05) is 30.3 Å². The predicted octanol–water partition coefficient (Wildman–Crippen LogP) is 0.403. The SMILES string of the molecule is NCCCC(O)C(=O)NCc1ccccc1. The fourth-order valence-corrected chi connectivity index (χ4v) is 1.35. The van der Waals surface area contributed by atoms with Crippen molar-refractivity contribution in [3.63, 3.8) is 0 Å². The smallest absolute Gasteiger partial charge is 0.249 e. The van der Waals surface area contributed by atoms with Crippen LogP contribution in [0, 0.1) is 0 Å². The summed E-state index contributed by atoms with van der Waals surface area (Å²) < 4.78 is 0. The number of benzene rings is 1. The summed E-state index contributed by atoms with van der Waals surface area (Å²) in [6, 6.07) is 9.58. The largest absolute Gasteiger partial charge is 0.383 e. The van der Waals surface area contributed by atoms with E-state index in [4.69, 9.17) is 5.73 Å². The Hall–Kier alpha value is -1.39. The molecule has 4 nitrogen and oxygen atoms in total. The van der Waals surface area contributed by atoms with Crippen LogP contribution in [0.1, 0.15) is 18.4 Å². The number of aliphatic hydroxyl groups is 1. The number of nitrogens with two attached hydrogens (primary N) is 1. The lowest BCUT2D eigenvalue weighted by Crippen LogP contribution is -2.34. The highest BCUT2D eigenvalue weighted by Gasteiger charge is 2.13. The Morgan fingerprint density at radius 3 is 2.69 bits per heavy atom. The second-order valence-electron chi connectivity index (χ2n) is 3.65. The summed E-state index contributed by atoms with van der Waals surface area (Å²) >= 11 is 0. The average Bonchev–Trinajstić information content (AvgIpc) is 2.34. The van der Waals surface area contributed by atoms with Gasteiger partial charge < -0.3 is 16.2 Å². The summed E-state index contributed by atoms with van der Waals surface area (Å²) in [7, 11) is 0. The van der Waals surface area contributed by atoms with E-state index >= 15 is 0 Å². The Labute approximate surface area is 95.5 Å². The van der Waals surface area contributed by atoms with Gasteiger partial charge in [0.15, 0.2) is 0 Å². The standard InChI is InChI=1S/C12H18N2O2/c13-8-4-7-11(15)12(16)14-9-10-5-2-1-3-6-10/h1-3,5-6,11,15H,4,7-9,13H2,(H,14,16). The molecule has 0 aliphatic heterocycles. The Morgan fingerprint density at radius 2 is 2.06 bits per heavy atom. The lowest BCUT2D eigenvalue weighted by molar-refractivity contribution is -0.129. The predicted molar refractivity (Wildman–Crippen MR) is 62.6 cm³/mol. The maximum absolute atomic E-state index is 11.4. The Kier molecular flexibility index (Phi) is 5.53. The second-order valence-corrected chi connectivity index (χ2v) is 3.65. The van der Waals surface area contributed by atoms with Gasteiger partial charge in [-0.15, -0.1) is 0 Å². The molecule has 4 N–H and O–H groups in total. The topological polar surface area (TPSA) is 75.3 Å². The molecule has 0 aromatic heterocycles. The number of nitrogens with one attached hydrogen (secondary N) is 1. The van der Waals surface area contributed by atoms with E-state index in [0.29, 0.717) is 25.9 Å². The highest BCUT2D eigenvalue weighted by Crippen LogP contribution is 1.99. The molecule has 0 spiro atoms. The zero-order valence-electron chi connectivity index (χ0n) is 9.23. The van der Waals surface area contributed by atoms with E-state index in [2.05, 4.69) is 5.32 Å². The number of rotatable bonds is 6. The summed E-state index contributed by atoms with van der Waals surface area (Å²) in [6.07, 6.45) is 0.115. The fourth-order valence-electron chi connectivity index (χ4n) is 1.35. The van der Waals surface area contributed by atoms with Crippen LogP contribution >= 0.6 is 0 Å². The minimum Gasteiger partial charge on any atom is -0.383 e. The fraction of sp³-hybridized carbons (Fsp3) is 0.417. The number of amides is 1. The van der Waals surface area contributed by atoms with Gasteiger partial charge in [0.25, 0.3) is 0 Å². The highest BCUT2D eigenvalue weighted by molar-refractivity contribution is 5.80. The molecule has 4 heteroatoms. The molecule has 16 heavy (non-hydrogen) atoms. The van der Waals surface area contributed by atoms with Crippen LogP contribution in [0.5, 0.6) is 0 Å². The number of carbonyl (C=O) groups is 1. The molecule has 1 unspecified atom stereocenters. The third-order valence-electron chi connectivity index (χ3n) is 2.29. The quantitative estimate of drug-likeness (QED) is 0.652. The molecule has 0 aliphatic rings. The van der Waals surface area contributed by atoms with Crippen molar-refractivity contribution in [2.24, 2.45) is 5.73 Å². The van der Waals surface area contributed by atoms with Gasteiger partial charge in [-0.3, -0.25) is 4.79 Å². The minimum atomic E-state index is -0.952. The van der Waals surface area contributed by atoms with Crippen LogP contribution in [0.2, 0.25) is 0 Å². The van der Waals surface area contributed by atoms with E-state index < -0.39 is 6.10 Å². The van der Waals surface area contributed by atoms with Crippen LogP contribution in [0.25, 0.3) is 0 Å². The Bertz CT molecular complexity index is 314. The van der Waals surface area contributed by atoms with Gasteiger partial charge in [-0.05, 0) is 24.9 Å². The normalized spacial score (nSPS) is 12.1. The molecule has 88 valence electrons. The molecular formula is C12H18N2O2. The van der Waals surface area contributed by atoms with Crippen molar-refractivity contribution in [2.45, 2.75) is 25.5 Å². The molecule has 0 heterocycles. The Morgan fingerprint density at radius 1 is 1.38 bits per heavy atom. The first kappa shape index (κ1) is 12.7. The molecule has 1 aromatic carbocycles. The molecular weight excluding hydrogens is 204 g/mol. The first-order valence-corrected chi connectivity index (χ1v) is 5.44. The summed E-state index contributed by atoms with van der Waals surface area (Å²) in [5, 5.41) is 12.1. The van der Waals surface area contributed by atoms with Crippen LogP contribution in [0.4, 0.5) is 0 Å². The maximum Gasteiger partial charge on any atom is 0.249 e. The summed E-state index contributed by atoms with van der Waals surface area (Å²) in [5.74, 6) is -0.336. The number of hydrogen-bond acceptors (Lipinski definition) is 3. The molecule has 1 atom stereocenters. The molecule has 1 amide bonds. The maximum atomic E-state index is 11.4. The lowest BCUT2D eigenvalue weighted by Gasteiger charge is -2.10. The first-order chi connectivity index (χ1) is 7.74. The van der Waals surface area contributed by atoms with E-state index in [9.17, 15) is 9.90 Å². The third-order valence-corrected chi connectivity index (χ3v) is 2.29. The van der Waals surface area contributed by atoms with Gasteiger partial charge in [0.2, 0.25) is 5.91 Å². The van der Waals surface area contributed by atoms with Crippen molar-refractivity contribution in [3.8, 4) is 0 Å². The van der Waals surface area contributed by atoms with E-state index in [1.807, 2.05) is 30.3 Å². The van der Waals surface area contributed by atoms with E-state index in [1.165, 1.54) is 0 Å². The molecule has 0 radical (unpaired) electrons. The van der Waals surface area contributed by atoms with Gasteiger partial charge in [0, 0.05) is 6.54 Å². The van der Waals surface area contributed by atoms with E-state index in [1.54, 1.807) is 0 Å². The second kappa shape index (κ2) is 6.98. The van der Waals surface area contributed by atoms with Gasteiger partial charge in [0.05, 0.1) is 0 Å². The average molecular weight is 222 g/mol. The summed E-state index contributed by atoms with van der Waals surface area (Å²) in [4.78, 5) is 11.4. The third kappa shape index (κ3) is 4.42. The zero-order valence-corrected chi connectivity index (χ0v) is 9.23. The highest BCUT2D eigenvalue weighted by atomic mass is 16.3. The number of hydrogen-bond donors (Lipinski definition) is 3. The molecule has 0 fully saturated rings. The van der Waals surface area contributed by atoms with Crippen LogP contribution < -0.4 is 11.1 Å². The first-order valence-electron chi connectivity index (χ1n) is 5.44. The Balaban J connectivity index is 2.29. The lowest BCUT2D eigenvalue weighted by atomic mass is 10.1. The van der Waals surface area contributed by atoms with E-state index in [0.717, 1.165) is 5.56 Å². The van der Waals surface area contributed by atoms with Gasteiger partial charge >= 0.3 is 0 Å². The summed E-state index contributed by atoms with van der Waals surface area (Å²) in [5.41, 5.74) is 6.31. The molecule has 1 aromatic rings. The van der Waals surface area contributed by atoms with Gasteiger partial charge in [-0.2, -0.15) is 0 Å². The summed E-state index contributed by atoms with van der Waals surface area (Å²) in [6.45, 7) is 0.933. The number of aliphatic hydroxyl groups excluding tert-OH is 1. The van der Waals surface area contributed by atoms with Crippen molar-refractivity contribution >= 4 is 5.91 Å². The van der Waals surface area contributed by atoms with Crippen LogP contribution in [-0.4, -0.2) is 23.7 Å². The zero-order chi connectivity index (χ0) is 11.8. The van der Waals surface area contributed by atoms with Gasteiger partial charge in [0.1, 0.15) is 6.10 Å². The van der Waals surface area contributed by atoms with Gasteiger partial charge in [-0.25, -0.2) is 0 Å². The van der Waals surface area contributed by atoms with Crippen molar-refractivity contribution in [3.05, 3.63) is 35.9 Å². The van der Waals surface area contributed by atoms with Crippen LogP contribution in [0.15, 0.2) is 30.3 Å². The van der Waals surface area contributed by atoms with Crippen molar-refractivity contribution in [1.82, 2.24) is 5.32 Å². The van der Waals surface area contributed by atoms with Crippen LogP contribution in [-0.2, 0) is 11.3 Å². The van der Waals surface area contributed by atoms with E-state index in [-0.39, 0.29) is 5.91 Å². The molecule has 0 bridgehead atoms. The molecule has 0 saturated heterocycles. The number of carbonyl (C=O) groups excluding carboxylic acids is 1. The molecule has 0 aliphatic carbocycles. The molecule has 1 rings (SSSR count). The van der Waals surface area contributed by atoms with Crippen LogP contribution in [0.3, 0.4) is 0 Å². The minimum absolute atomic E-state index is 0.336. The monoisotopic (exact) mass is 222 g/mol. The van der Waals surface area contributed by atoms with Crippen molar-refractivity contribution in [2.75, 3.05) is 6.54 Å². The molecule has 0 saturated carbocycles. The van der Waals surface area contributed by atoms with Crippen molar-refractivity contribution in [1.29, 1.82) is 0 Å².